The molecule has 1 aromatic heterocycles. The Balaban J connectivity index is 2.17. The van der Waals surface area contributed by atoms with Gasteiger partial charge in [-0.15, -0.1) is 0 Å². The van der Waals surface area contributed by atoms with Gasteiger partial charge in [-0.3, -0.25) is 4.98 Å². The van der Waals surface area contributed by atoms with E-state index >= 15 is 0 Å². The van der Waals surface area contributed by atoms with Crippen molar-refractivity contribution >= 4 is 0 Å². The van der Waals surface area contributed by atoms with Gasteiger partial charge in [-0.1, -0.05) is 70.4 Å². The van der Waals surface area contributed by atoms with Crippen molar-refractivity contribution in [1.29, 1.82) is 0 Å². The fraction of sp³-hybridized carbons (Fsp3) is 0.550. The van der Waals surface area contributed by atoms with Gasteiger partial charge in [-0.05, 0) is 24.3 Å². The number of H-pyrrole nitrogens is 1. The normalized spacial score (nSPS) is 14.2. The Morgan fingerprint density at radius 3 is 2.45 bits per heavy atom. The molecule has 0 amide bonds. The van der Waals surface area contributed by atoms with Gasteiger partial charge in [0.2, 0.25) is 6.33 Å². The molecule has 2 nitrogen and oxygen atoms in total. The molecule has 2 heteroatoms. The summed E-state index contributed by atoms with van der Waals surface area (Å²) in [4.78, 5) is 3.21. The molecule has 120 valence electrons. The van der Waals surface area contributed by atoms with E-state index in [-0.39, 0.29) is 0 Å². The first-order chi connectivity index (χ1) is 10.7. The van der Waals surface area contributed by atoms with Gasteiger partial charge in [0.1, 0.15) is 18.4 Å². The monoisotopic (exact) mass is 299 g/mol. The van der Waals surface area contributed by atoms with Gasteiger partial charge in [-0.2, -0.15) is 0 Å². The second-order valence-electron chi connectivity index (χ2n) is 6.74. The summed E-state index contributed by atoms with van der Waals surface area (Å²) in [7, 11) is 0. The fourth-order valence-corrected chi connectivity index (χ4v) is 3.59. The molecule has 2 rings (SSSR count). The summed E-state index contributed by atoms with van der Waals surface area (Å²) in [6.45, 7) is 6.98. The number of benzene rings is 1. The smallest absolute Gasteiger partial charge is 0.241 e. The maximum absolute atomic E-state index is 3.21. The molecule has 22 heavy (non-hydrogen) atoms. The van der Waals surface area contributed by atoms with Crippen LogP contribution in [0.25, 0.3) is 0 Å². The first-order valence-corrected chi connectivity index (χ1v) is 8.79. The molecule has 0 fully saturated rings. The molecule has 2 aromatic rings. The number of aromatic nitrogens is 2. The molecular formula is C20H31N2+. The SMILES string of the molecule is CCCCCC(Cc1ccccc1)C(C(C)C)[n+]1cc[nH]c1. The van der Waals surface area contributed by atoms with E-state index in [2.05, 4.69) is 73.2 Å². The Morgan fingerprint density at radius 1 is 1.09 bits per heavy atom. The molecule has 1 heterocycles. The number of nitrogens with zero attached hydrogens (tertiary/aromatic N) is 1. The summed E-state index contributed by atoms with van der Waals surface area (Å²) in [6.07, 6.45) is 12.8. The zero-order valence-electron chi connectivity index (χ0n) is 14.3. The lowest BCUT2D eigenvalue weighted by Crippen LogP contribution is -2.45. The predicted octanol–water partition coefficient (Wildman–Crippen LogP) is 4.94. The van der Waals surface area contributed by atoms with Crippen LogP contribution in [-0.2, 0) is 6.42 Å². The molecule has 2 unspecified atom stereocenters. The summed E-state index contributed by atoms with van der Waals surface area (Å²) < 4.78 is 2.38. The second kappa shape index (κ2) is 8.77. The summed E-state index contributed by atoms with van der Waals surface area (Å²) in [5.41, 5.74) is 1.46. The van der Waals surface area contributed by atoms with E-state index in [0.29, 0.717) is 17.9 Å². The van der Waals surface area contributed by atoms with Crippen LogP contribution in [0, 0.1) is 11.8 Å². The molecule has 0 saturated carbocycles. The molecule has 0 bridgehead atoms. The molecule has 1 aromatic carbocycles. The Morgan fingerprint density at radius 2 is 1.86 bits per heavy atom. The summed E-state index contributed by atoms with van der Waals surface area (Å²) in [6, 6.07) is 11.5. The van der Waals surface area contributed by atoms with Gasteiger partial charge in [0, 0.05) is 5.92 Å². The first kappa shape index (κ1) is 16.8. The largest absolute Gasteiger partial charge is 0.250 e. The summed E-state index contributed by atoms with van der Waals surface area (Å²) in [5.74, 6) is 1.32. The number of aromatic amines is 1. The maximum atomic E-state index is 3.21. The van der Waals surface area contributed by atoms with Gasteiger partial charge in [-0.25, -0.2) is 4.57 Å². The van der Waals surface area contributed by atoms with Crippen LogP contribution in [0.2, 0.25) is 0 Å². The van der Waals surface area contributed by atoms with Crippen molar-refractivity contribution in [2.45, 2.75) is 58.9 Å². The van der Waals surface area contributed by atoms with Crippen LogP contribution in [0.1, 0.15) is 58.1 Å². The quantitative estimate of drug-likeness (QED) is 0.500. The highest BCUT2D eigenvalue weighted by molar-refractivity contribution is 5.15. The fourth-order valence-electron chi connectivity index (χ4n) is 3.59. The van der Waals surface area contributed by atoms with Crippen molar-refractivity contribution in [3.05, 3.63) is 54.6 Å². The van der Waals surface area contributed by atoms with Gasteiger partial charge in [0.25, 0.3) is 0 Å². The van der Waals surface area contributed by atoms with E-state index in [1.807, 2.05) is 6.20 Å². The topological polar surface area (TPSA) is 19.7 Å². The van der Waals surface area contributed by atoms with Gasteiger partial charge in [0.05, 0.1) is 0 Å². The number of nitrogens with one attached hydrogen (secondary N) is 1. The van der Waals surface area contributed by atoms with Crippen molar-refractivity contribution in [3.63, 3.8) is 0 Å². The number of hydrogen-bond donors (Lipinski definition) is 1. The molecule has 0 radical (unpaired) electrons. The molecule has 0 saturated heterocycles. The zero-order valence-corrected chi connectivity index (χ0v) is 14.3. The molecule has 1 N–H and O–H groups in total. The van der Waals surface area contributed by atoms with Crippen LogP contribution in [-0.4, -0.2) is 4.98 Å². The van der Waals surface area contributed by atoms with Crippen LogP contribution in [0.3, 0.4) is 0 Å². The molecular weight excluding hydrogens is 268 g/mol. The Bertz CT molecular complexity index is 502. The van der Waals surface area contributed by atoms with Gasteiger partial charge >= 0.3 is 0 Å². The number of unbranched alkanes of at least 4 members (excludes halogenated alkanes) is 2. The highest BCUT2D eigenvalue weighted by Crippen LogP contribution is 2.29. The standard InChI is InChI=1S/C20H30N2/c1-4-5-7-12-19(15-18-10-8-6-9-11-18)20(17(2)3)22-14-13-21-16-22/h6,8-11,13-14,16-17,19-20H,4-5,7,12,15H2,1-3H3/p+1. The third-order valence-electron chi connectivity index (χ3n) is 4.60. The number of imidazole rings is 1. The zero-order chi connectivity index (χ0) is 15.8. The molecule has 0 spiro atoms. The minimum Gasteiger partial charge on any atom is -0.250 e. The lowest BCUT2D eigenvalue weighted by atomic mass is 9.82. The van der Waals surface area contributed by atoms with Crippen LogP contribution in [0.5, 0.6) is 0 Å². The van der Waals surface area contributed by atoms with Crippen molar-refractivity contribution in [2.75, 3.05) is 0 Å². The predicted molar refractivity (Wildman–Crippen MR) is 92.6 cm³/mol. The van der Waals surface area contributed by atoms with E-state index in [0.717, 1.165) is 0 Å². The Kier molecular flexibility index (Phi) is 6.70. The minimum atomic E-state index is 0.559. The van der Waals surface area contributed by atoms with Crippen molar-refractivity contribution in [2.24, 2.45) is 11.8 Å². The Labute approximate surface area is 135 Å². The van der Waals surface area contributed by atoms with Crippen LogP contribution < -0.4 is 4.57 Å². The summed E-state index contributed by atoms with van der Waals surface area (Å²) in [5, 5.41) is 0. The third-order valence-corrected chi connectivity index (χ3v) is 4.60. The first-order valence-electron chi connectivity index (χ1n) is 8.79. The molecule has 0 aliphatic carbocycles. The van der Waals surface area contributed by atoms with Crippen LogP contribution >= 0.6 is 0 Å². The van der Waals surface area contributed by atoms with E-state index in [1.165, 1.54) is 37.7 Å². The second-order valence-corrected chi connectivity index (χ2v) is 6.74. The van der Waals surface area contributed by atoms with Crippen molar-refractivity contribution < 1.29 is 4.57 Å². The average Bonchev–Trinajstić information content (AvgIpc) is 3.02. The average molecular weight is 299 g/mol. The number of hydrogen-bond acceptors (Lipinski definition) is 0. The van der Waals surface area contributed by atoms with Crippen LogP contribution in [0.4, 0.5) is 0 Å². The Hall–Kier alpha value is -1.57. The van der Waals surface area contributed by atoms with Gasteiger partial charge < -0.3 is 0 Å². The highest BCUT2D eigenvalue weighted by atomic mass is 15.1. The third kappa shape index (κ3) is 4.72. The van der Waals surface area contributed by atoms with Crippen LogP contribution in [0.15, 0.2) is 49.1 Å². The number of rotatable bonds is 9. The van der Waals surface area contributed by atoms with E-state index in [9.17, 15) is 0 Å². The highest BCUT2D eigenvalue weighted by Gasteiger charge is 2.29. The van der Waals surface area contributed by atoms with Gasteiger partial charge in [0.15, 0.2) is 0 Å². The lowest BCUT2D eigenvalue weighted by molar-refractivity contribution is -0.735. The summed E-state index contributed by atoms with van der Waals surface area (Å²) >= 11 is 0. The minimum absolute atomic E-state index is 0.559. The van der Waals surface area contributed by atoms with Crippen molar-refractivity contribution in [1.82, 2.24) is 4.98 Å². The lowest BCUT2D eigenvalue weighted by Gasteiger charge is -2.28. The molecule has 2 atom stereocenters. The molecule has 0 aliphatic heterocycles. The van der Waals surface area contributed by atoms with Crippen molar-refractivity contribution in [3.8, 4) is 0 Å². The maximum Gasteiger partial charge on any atom is 0.241 e. The van der Waals surface area contributed by atoms with E-state index in [1.54, 1.807) is 0 Å². The molecule has 0 aliphatic rings. The van der Waals surface area contributed by atoms with E-state index < -0.39 is 0 Å². The van der Waals surface area contributed by atoms with E-state index in [4.69, 9.17) is 0 Å².